The molecule has 7 heteroatoms. The Morgan fingerprint density at radius 3 is 2.61 bits per heavy atom. The smallest absolute Gasteiger partial charge is 0.306 e. The molecule has 0 bridgehead atoms. The van der Waals surface area contributed by atoms with E-state index in [1.807, 2.05) is 6.08 Å². The third kappa shape index (κ3) is 4.01. The molecule has 0 aromatic rings. The van der Waals surface area contributed by atoms with Gasteiger partial charge in [-0.05, 0) is 67.6 Å². The van der Waals surface area contributed by atoms with Crippen LogP contribution in [0.4, 0.5) is 0 Å². The molecule has 4 aliphatic carbocycles. The van der Waals surface area contributed by atoms with E-state index in [1.165, 1.54) is 5.57 Å². The van der Waals surface area contributed by atoms with Gasteiger partial charge < -0.3 is 14.9 Å². The molecule has 0 aromatic heterocycles. The van der Waals surface area contributed by atoms with Gasteiger partial charge >= 0.3 is 11.9 Å². The number of carbonyl (C=O) groups excluding carboxylic acids is 3. The molecule has 4 rings (SSSR count). The Bertz CT molecular complexity index is 973. The molecule has 0 aliphatic heterocycles. The van der Waals surface area contributed by atoms with E-state index in [-0.39, 0.29) is 72.1 Å². The van der Waals surface area contributed by atoms with Gasteiger partial charge in [0.2, 0.25) is 0 Å². The lowest BCUT2D eigenvalue weighted by Gasteiger charge is -2.54. The number of carboxylic acid groups (broad SMARTS) is 1. The predicted molar refractivity (Wildman–Crippen MR) is 119 cm³/mol. The van der Waals surface area contributed by atoms with Gasteiger partial charge in [0.25, 0.3) is 0 Å². The normalized spacial score (nSPS) is 36.8. The van der Waals surface area contributed by atoms with Crippen molar-refractivity contribution >= 4 is 23.5 Å². The van der Waals surface area contributed by atoms with Crippen molar-refractivity contribution in [3.05, 3.63) is 35.5 Å². The van der Waals surface area contributed by atoms with E-state index < -0.39 is 11.9 Å². The number of esters is 1. The second kappa shape index (κ2) is 8.67. The molecule has 0 heterocycles. The number of hydrogen-bond acceptors (Lipinski definition) is 6. The lowest BCUT2D eigenvalue weighted by atomic mass is 9.50. The van der Waals surface area contributed by atoms with Crippen LogP contribution in [0.15, 0.2) is 35.5 Å². The predicted octanol–water partition coefficient (Wildman–Crippen LogP) is 3.03. The van der Waals surface area contributed by atoms with E-state index in [1.54, 1.807) is 12.2 Å². The third-order valence-corrected chi connectivity index (χ3v) is 8.64. The number of aliphatic carboxylic acids is 1. The molecule has 0 saturated heterocycles. The Morgan fingerprint density at radius 2 is 1.91 bits per heavy atom. The van der Waals surface area contributed by atoms with E-state index in [9.17, 15) is 24.3 Å². The summed E-state index contributed by atoms with van der Waals surface area (Å²) >= 11 is 0. The Labute approximate surface area is 193 Å². The first kappa shape index (κ1) is 23.6. The summed E-state index contributed by atoms with van der Waals surface area (Å²) in [5.74, 6) is -1.71. The standard InChI is InChI=1S/C26H32O7/c1-25-10-8-19-17(11-15(13-27)21-12-16(28)7-9-26(19,21)2)18(25)3-4-20(25)22(29)14-33-24(32)6-5-23(30)31/h7-9,12,15,17-18,20,27H,3-6,10-11,13-14H2,1-2H3,(H,30,31)/t15-,17+,18+,20-,25+,26-/m1/s1. The molecule has 7 nitrogen and oxygen atoms in total. The maximum atomic E-state index is 13.0. The highest BCUT2D eigenvalue weighted by molar-refractivity contribution is 6.01. The Morgan fingerprint density at radius 1 is 1.15 bits per heavy atom. The van der Waals surface area contributed by atoms with Crippen molar-refractivity contribution in [2.24, 2.45) is 34.5 Å². The first-order valence-electron chi connectivity index (χ1n) is 11.8. The number of rotatable bonds is 7. The van der Waals surface area contributed by atoms with Gasteiger partial charge in [-0.2, -0.15) is 0 Å². The monoisotopic (exact) mass is 456 g/mol. The Hall–Kier alpha value is -2.54. The molecule has 2 N–H and O–H groups in total. The summed E-state index contributed by atoms with van der Waals surface area (Å²) < 4.78 is 5.08. The number of ketones is 2. The van der Waals surface area contributed by atoms with E-state index in [0.29, 0.717) is 0 Å². The minimum absolute atomic E-state index is 0.00951. The number of Topliss-reactive ketones (excluding diaryl/α,β-unsaturated/α-hetero) is 1. The number of carboxylic acids is 1. The van der Waals surface area contributed by atoms with E-state index >= 15 is 0 Å². The Balaban J connectivity index is 1.53. The van der Waals surface area contributed by atoms with E-state index in [2.05, 4.69) is 19.9 Å². The Kier molecular flexibility index (Phi) is 6.20. The van der Waals surface area contributed by atoms with E-state index in [4.69, 9.17) is 9.84 Å². The summed E-state index contributed by atoms with van der Waals surface area (Å²) in [7, 11) is 0. The largest absolute Gasteiger partial charge is 0.481 e. The SMILES string of the molecule is C[C@]12C=CC(=O)C=C1[C@@H](CO)C[C@@H]1C2=CC[C@]2(C)[C@@H](C(=O)COC(=O)CCC(=O)O)CC[C@@H]12. The van der Waals surface area contributed by atoms with Gasteiger partial charge in [0.05, 0.1) is 12.8 Å². The highest BCUT2D eigenvalue weighted by atomic mass is 16.5. The molecule has 0 aromatic carbocycles. The van der Waals surface area contributed by atoms with Crippen LogP contribution in [0.25, 0.3) is 0 Å². The molecule has 0 unspecified atom stereocenters. The number of aliphatic hydroxyl groups is 1. The highest BCUT2D eigenvalue weighted by Gasteiger charge is 2.58. The van der Waals surface area contributed by atoms with Crippen LogP contribution in [0.3, 0.4) is 0 Å². The second-order valence-electron chi connectivity index (χ2n) is 10.4. The van der Waals surface area contributed by atoms with Crippen molar-refractivity contribution in [2.75, 3.05) is 13.2 Å². The van der Waals surface area contributed by atoms with Crippen molar-refractivity contribution in [1.82, 2.24) is 0 Å². The number of ether oxygens (including phenoxy) is 1. The fourth-order valence-corrected chi connectivity index (χ4v) is 6.97. The summed E-state index contributed by atoms with van der Waals surface area (Å²) in [5, 5.41) is 18.8. The topological polar surface area (TPSA) is 118 Å². The van der Waals surface area contributed by atoms with Crippen LogP contribution in [0.1, 0.15) is 52.4 Å². The van der Waals surface area contributed by atoms with Crippen molar-refractivity contribution in [2.45, 2.75) is 52.4 Å². The molecule has 0 spiro atoms. The lowest BCUT2D eigenvalue weighted by molar-refractivity contribution is -0.152. The molecular formula is C26H32O7. The average molecular weight is 457 g/mol. The molecule has 2 saturated carbocycles. The summed E-state index contributed by atoms with van der Waals surface area (Å²) in [6, 6.07) is 0. The highest BCUT2D eigenvalue weighted by Crippen LogP contribution is 2.64. The third-order valence-electron chi connectivity index (χ3n) is 8.64. The van der Waals surface area contributed by atoms with Gasteiger partial charge in [-0.3, -0.25) is 19.2 Å². The van der Waals surface area contributed by atoms with E-state index in [0.717, 1.165) is 31.3 Å². The quantitative estimate of drug-likeness (QED) is 0.447. The maximum Gasteiger partial charge on any atom is 0.306 e. The zero-order chi connectivity index (χ0) is 24.0. The fraction of sp³-hybridized carbons (Fsp3) is 0.615. The van der Waals surface area contributed by atoms with Crippen LogP contribution in [0, 0.1) is 34.5 Å². The van der Waals surface area contributed by atoms with Crippen molar-refractivity contribution < 1.29 is 34.1 Å². The summed E-state index contributed by atoms with van der Waals surface area (Å²) in [5.41, 5.74) is 1.64. The van der Waals surface area contributed by atoms with Crippen molar-refractivity contribution in [3.8, 4) is 0 Å². The number of fused-ring (bicyclic) bond motifs is 5. The molecule has 0 radical (unpaired) electrons. The van der Waals surface area contributed by atoms with Gasteiger partial charge in [-0.25, -0.2) is 0 Å². The number of allylic oxidation sites excluding steroid dienone is 5. The zero-order valence-electron chi connectivity index (χ0n) is 19.2. The van der Waals surface area contributed by atoms with Gasteiger partial charge in [0, 0.05) is 23.9 Å². The van der Waals surface area contributed by atoms with Gasteiger partial charge in [0.1, 0.15) is 6.61 Å². The summed E-state index contributed by atoms with van der Waals surface area (Å²) in [4.78, 5) is 47.5. The van der Waals surface area contributed by atoms with Crippen molar-refractivity contribution in [1.29, 1.82) is 0 Å². The molecule has 0 amide bonds. The average Bonchev–Trinajstić information content (AvgIpc) is 3.13. The summed E-state index contributed by atoms with van der Waals surface area (Å²) in [6.07, 6.45) is 10.1. The first-order chi connectivity index (χ1) is 15.6. The van der Waals surface area contributed by atoms with Crippen LogP contribution in [0.2, 0.25) is 0 Å². The fourth-order valence-electron chi connectivity index (χ4n) is 6.97. The van der Waals surface area contributed by atoms with Gasteiger partial charge in [-0.1, -0.05) is 24.6 Å². The van der Waals surface area contributed by atoms with Crippen molar-refractivity contribution in [3.63, 3.8) is 0 Å². The number of aliphatic hydroxyl groups excluding tert-OH is 1. The zero-order valence-corrected chi connectivity index (χ0v) is 19.2. The molecule has 178 valence electrons. The van der Waals surface area contributed by atoms with Crippen LogP contribution in [-0.2, 0) is 23.9 Å². The second-order valence-corrected chi connectivity index (χ2v) is 10.4. The first-order valence-corrected chi connectivity index (χ1v) is 11.8. The van der Waals surface area contributed by atoms with Gasteiger partial charge in [-0.15, -0.1) is 0 Å². The molecule has 33 heavy (non-hydrogen) atoms. The van der Waals surface area contributed by atoms with Gasteiger partial charge in [0.15, 0.2) is 11.6 Å². The van der Waals surface area contributed by atoms with Crippen LogP contribution in [-0.4, -0.2) is 46.9 Å². The minimum Gasteiger partial charge on any atom is -0.481 e. The maximum absolute atomic E-state index is 13.0. The lowest BCUT2D eigenvalue weighted by Crippen LogP contribution is -2.47. The summed E-state index contributed by atoms with van der Waals surface area (Å²) in [6.45, 7) is 3.94. The molecule has 2 fully saturated rings. The van der Waals surface area contributed by atoms with Crippen LogP contribution >= 0.6 is 0 Å². The van der Waals surface area contributed by atoms with Crippen LogP contribution < -0.4 is 0 Å². The molecule has 6 atom stereocenters. The number of hydrogen-bond donors (Lipinski definition) is 2. The van der Waals surface area contributed by atoms with Crippen LogP contribution in [0.5, 0.6) is 0 Å². The molecular weight excluding hydrogens is 424 g/mol. The molecule has 4 aliphatic rings. The number of carbonyl (C=O) groups is 4. The minimum atomic E-state index is -1.08.